The number of aromatic nitrogens is 2. The number of aromatic amines is 1. The third-order valence-electron chi connectivity index (χ3n) is 3.53. The van der Waals surface area contributed by atoms with Crippen LogP contribution in [0.25, 0.3) is 0 Å². The fraction of sp³-hybridized carbons (Fsp3) is 0.400. The van der Waals surface area contributed by atoms with Gasteiger partial charge in [0, 0.05) is 18.9 Å². The number of aryl methyl sites for hydroxylation is 2. The van der Waals surface area contributed by atoms with Crippen LogP contribution < -0.4 is 5.69 Å². The molecule has 0 saturated heterocycles. The van der Waals surface area contributed by atoms with Crippen molar-refractivity contribution in [3.05, 3.63) is 58.3 Å². The van der Waals surface area contributed by atoms with Gasteiger partial charge in [-0.15, -0.1) is 0 Å². The van der Waals surface area contributed by atoms with E-state index in [0.717, 1.165) is 13.0 Å². The molecule has 0 aliphatic carbocycles. The zero-order chi connectivity index (χ0) is 13.2. The molecule has 0 spiro atoms. The summed E-state index contributed by atoms with van der Waals surface area (Å²) < 4.78 is 1.72. The summed E-state index contributed by atoms with van der Waals surface area (Å²) in [6.45, 7) is 7.27. The van der Waals surface area contributed by atoms with Crippen LogP contribution in [0.5, 0.6) is 0 Å². The van der Waals surface area contributed by atoms with Crippen molar-refractivity contribution in [1.29, 1.82) is 0 Å². The molecule has 0 amide bonds. The molecule has 2 rings (SSSR count). The summed E-state index contributed by atoms with van der Waals surface area (Å²) in [5.74, 6) is 0. The summed E-state index contributed by atoms with van der Waals surface area (Å²) in [5, 5.41) is 0. The van der Waals surface area contributed by atoms with Crippen molar-refractivity contribution in [2.45, 2.75) is 39.2 Å². The predicted molar refractivity (Wildman–Crippen MR) is 73.9 cm³/mol. The molecule has 3 nitrogen and oxygen atoms in total. The van der Waals surface area contributed by atoms with Crippen LogP contribution in [0.1, 0.15) is 31.4 Å². The Hall–Kier alpha value is -1.77. The van der Waals surface area contributed by atoms with E-state index < -0.39 is 0 Å². The van der Waals surface area contributed by atoms with E-state index in [9.17, 15) is 4.79 Å². The number of H-pyrrole nitrogens is 1. The molecular weight excluding hydrogens is 224 g/mol. The summed E-state index contributed by atoms with van der Waals surface area (Å²) in [6.07, 6.45) is 4.42. The second-order valence-electron chi connectivity index (χ2n) is 5.46. The Balaban J connectivity index is 2.10. The highest BCUT2D eigenvalue weighted by Gasteiger charge is 2.20. The lowest BCUT2D eigenvalue weighted by Gasteiger charge is -2.25. The average molecular weight is 244 g/mol. The van der Waals surface area contributed by atoms with Crippen LogP contribution in [0, 0.1) is 6.92 Å². The minimum absolute atomic E-state index is 0.0327. The van der Waals surface area contributed by atoms with Crippen LogP contribution in [0.15, 0.2) is 41.5 Å². The van der Waals surface area contributed by atoms with Gasteiger partial charge in [-0.05, 0) is 24.3 Å². The third-order valence-corrected chi connectivity index (χ3v) is 3.53. The van der Waals surface area contributed by atoms with Gasteiger partial charge in [-0.25, -0.2) is 4.79 Å². The molecule has 3 heteroatoms. The molecule has 1 aromatic carbocycles. The number of imidazole rings is 1. The Morgan fingerprint density at radius 1 is 1.22 bits per heavy atom. The summed E-state index contributed by atoms with van der Waals surface area (Å²) in [7, 11) is 0. The van der Waals surface area contributed by atoms with E-state index >= 15 is 0 Å². The normalized spacial score (nSPS) is 11.7. The molecule has 18 heavy (non-hydrogen) atoms. The highest BCUT2D eigenvalue weighted by atomic mass is 16.1. The lowest BCUT2D eigenvalue weighted by atomic mass is 9.81. The molecule has 0 unspecified atom stereocenters. The van der Waals surface area contributed by atoms with Crippen molar-refractivity contribution in [1.82, 2.24) is 9.55 Å². The first kappa shape index (κ1) is 12.7. The summed E-state index contributed by atoms with van der Waals surface area (Å²) >= 11 is 0. The Morgan fingerprint density at radius 2 is 1.89 bits per heavy atom. The van der Waals surface area contributed by atoms with Crippen LogP contribution >= 0.6 is 0 Å². The van der Waals surface area contributed by atoms with Crippen molar-refractivity contribution in [3.8, 4) is 0 Å². The van der Waals surface area contributed by atoms with Crippen molar-refractivity contribution in [3.63, 3.8) is 0 Å². The van der Waals surface area contributed by atoms with Gasteiger partial charge in [0.15, 0.2) is 0 Å². The first-order valence-electron chi connectivity index (χ1n) is 6.30. The van der Waals surface area contributed by atoms with Crippen molar-refractivity contribution < 1.29 is 0 Å². The molecule has 1 aromatic heterocycles. The number of rotatable bonds is 4. The van der Waals surface area contributed by atoms with E-state index in [0.29, 0.717) is 0 Å². The summed E-state index contributed by atoms with van der Waals surface area (Å²) in [5.41, 5.74) is 2.63. The smallest absolute Gasteiger partial charge is 0.313 e. The molecule has 0 bridgehead atoms. The van der Waals surface area contributed by atoms with Gasteiger partial charge in [-0.2, -0.15) is 0 Å². The molecule has 0 atom stereocenters. The molecule has 0 aliphatic heterocycles. The minimum atomic E-state index is -0.0327. The van der Waals surface area contributed by atoms with Gasteiger partial charge < -0.3 is 4.98 Å². The molecule has 0 radical (unpaired) electrons. The fourth-order valence-corrected chi connectivity index (χ4v) is 2.07. The predicted octanol–water partition coefficient (Wildman–Crippen LogP) is 2.85. The maximum absolute atomic E-state index is 11.4. The van der Waals surface area contributed by atoms with Crippen LogP contribution in [0.2, 0.25) is 0 Å². The molecule has 96 valence electrons. The Bertz CT molecular complexity index is 561. The number of nitrogens with zero attached hydrogens (tertiary/aromatic N) is 1. The van der Waals surface area contributed by atoms with Gasteiger partial charge >= 0.3 is 5.69 Å². The van der Waals surface area contributed by atoms with Crippen molar-refractivity contribution in [2.75, 3.05) is 0 Å². The first-order chi connectivity index (χ1) is 8.49. The molecule has 0 fully saturated rings. The fourth-order valence-electron chi connectivity index (χ4n) is 2.07. The van der Waals surface area contributed by atoms with Crippen molar-refractivity contribution in [2.24, 2.45) is 0 Å². The molecular formula is C15H20N2O. The number of hydrogen-bond acceptors (Lipinski definition) is 1. The van der Waals surface area contributed by atoms with Crippen LogP contribution in [-0.2, 0) is 12.0 Å². The summed E-state index contributed by atoms with van der Waals surface area (Å²) in [4.78, 5) is 14.1. The zero-order valence-electron chi connectivity index (χ0n) is 11.2. The van der Waals surface area contributed by atoms with E-state index in [2.05, 4.69) is 50.0 Å². The largest absolute Gasteiger partial charge is 0.325 e. The molecule has 1 heterocycles. The SMILES string of the molecule is Cc1ccc(C(C)(C)CCn2cc[nH]c2=O)cc1. The van der Waals surface area contributed by atoms with Crippen LogP contribution in [0.3, 0.4) is 0 Å². The topological polar surface area (TPSA) is 37.8 Å². The van der Waals surface area contributed by atoms with Crippen LogP contribution in [-0.4, -0.2) is 9.55 Å². The monoisotopic (exact) mass is 244 g/mol. The van der Waals surface area contributed by atoms with E-state index in [1.54, 1.807) is 17.0 Å². The number of benzene rings is 1. The van der Waals surface area contributed by atoms with Crippen LogP contribution in [0.4, 0.5) is 0 Å². The van der Waals surface area contributed by atoms with Gasteiger partial charge in [0.05, 0.1) is 0 Å². The van der Waals surface area contributed by atoms with E-state index in [-0.39, 0.29) is 11.1 Å². The quantitative estimate of drug-likeness (QED) is 0.882. The van der Waals surface area contributed by atoms with Gasteiger partial charge in [-0.3, -0.25) is 4.57 Å². The third kappa shape index (κ3) is 2.73. The Morgan fingerprint density at radius 3 is 2.44 bits per heavy atom. The summed E-state index contributed by atoms with van der Waals surface area (Å²) in [6, 6.07) is 8.63. The average Bonchev–Trinajstić information content (AvgIpc) is 2.73. The minimum Gasteiger partial charge on any atom is -0.313 e. The molecule has 0 aliphatic rings. The number of nitrogens with one attached hydrogen (secondary N) is 1. The second-order valence-corrected chi connectivity index (χ2v) is 5.46. The zero-order valence-corrected chi connectivity index (χ0v) is 11.2. The molecule has 1 N–H and O–H groups in total. The maximum atomic E-state index is 11.4. The standard InChI is InChI=1S/C15H20N2O/c1-12-4-6-13(7-5-12)15(2,3)8-10-17-11-9-16-14(17)18/h4-7,9,11H,8,10H2,1-3H3,(H,16,18). The highest BCUT2D eigenvalue weighted by Crippen LogP contribution is 2.27. The lowest BCUT2D eigenvalue weighted by Crippen LogP contribution is -2.24. The van der Waals surface area contributed by atoms with Gasteiger partial charge in [0.1, 0.15) is 0 Å². The lowest BCUT2D eigenvalue weighted by molar-refractivity contribution is 0.433. The second kappa shape index (κ2) is 4.84. The van der Waals surface area contributed by atoms with E-state index in [1.165, 1.54) is 11.1 Å². The Kier molecular flexibility index (Phi) is 3.41. The maximum Gasteiger partial charge on any atom is 0.325 e. The number of hydrogen-bond donors (Lipinski definition) is 1. The van der Waals surface area contributed by atoms with Gasteiger partial charge in [-0.1, -0.05) is 43.7 Å². The molecule has 0 saturated carbocycles. The van der Waals surface area contributed by atoms with Crippen molar-refractivity contribution >= 4 is 0 Å². The van der Waals surface area contributed by atoms with E-state index in [1.807, 2.05) is 0 Å². The van der Waals surface area contributed by atoms with E-state index in [4.69, 9.17) is 0 Å². The van der Waals surface area contributed by atoms with Gasteiger partial charge in [0.2, 0.25) is 0 Å². The Labute approximate surface area is 107 Å². The highest BCUT2D eigenvalue weighted by molar-refractivity contribution is 5.27. The van der Waals surface area contributed by atoms with Gasteiger partial charge in [0.25, 0.3) is 0 Å². The first-order valence-corrected chi connectivity index (χ1v) is 6.30. The molecule has 2 aromatic rings.